The summed E-state index contributed by atoms with van der Waals surface area (Å²) >= 11 is 0. The van der Waals surface area contributed by atoms with E-state index in [1.807, 2.05) is 6.92 Å². The number of aliphatic hydroxyl groups is 1. The lowest BCUT2D eigenvalue weighted by Crippen LogP contribution is -2.49. The van der Waals surface area contributed by atoms with Crippen LogP contribution in [-0.2, 0) is 9.53 Å². The van der Waals surface area contributed by atoms with Crippen molar-refractivity contribution < 1.29 is 14.6 Å². The largest absolute Gasteiger partial charge is 0.365 e. The molecule has 5 aliphatic rings. The maximum atomic E-state index is 12.0. The van der Waals surface area contributed by atoms with Crippen LogP contribution in [-0.4, -0.2) is 23.3 Å². The van der Waals surface area contributed by atoms with Gasteiger partial charge in [0.05, 0.1) is 6.61 Å². The Hall–Kier alpha value is -0.670. The average Bonchev–Trinajstić information content (AvgIpc) is 3.04. The number of Topliss-reactive ketones (excluding diaryl/α,β-unsaturated/α-hetero) is 1. The highest BCUT2D eigenvalue weighted by atomic mass is 16.6. The number of ketones is 1. The first-order valence-corrected chi connectivity index (χ1v) is 9.95. The summed E-state index contributed by atoms with van der Waals surface area (Å²) in [7, 11) is 0. The van der Waals surface area contributed by atoms with Crippen LogP contribution in [0.25, 0.3) is 0 Å². The van der Waals surface area contributed by atoms with E-state index in [4.69, 9.17) is 4.74 Å². The minimum absolute atomic E-state index is 0.172. The van der Waals surface area contributed by atoms with Gasteiger partial charge in [-0.15, -0.1) is 0 Å². The van der Waals surface area contributed by atoms with Gasteiger partial charge in [0.25, 0.3) is 0 Å². The van der Waals surface area contributed by atoms with Crippen LogP contribution >= 0.6 is 0 Å². The fourth-order valence-electron chi connectivity index (χ4n) is 7.59. The minimum atomic E-state index is -0.932. The summed E-state index contributed by atoms with van der Waals surface area (Å²) in [5.41, 5.74) is 2.10. The van der Waals surface area contributed by atoms with Crippen LogP contribution in [0.3, 0.4) is 0 Å². The first kappa shape index (κ1) is 15.6. The number of ether oxygens (including phenoxy) is 1. The topological polar surface area (TPSA) is 46.5 Å². The fraction of sp³-hybridized carbons (Fsp3) is 0.857. The van der Waals surface area contributed by atoms with Gasteiger partial charge in [-0.2, -0.15) is 0 Å². The summed E-state index contributed by atoms with van der Waals surface area (Å²) in [6.07, 6.45) is 11.0. The predicted octanol–water partition coefficient (Wildman–Crippen LogP) is 3.85. The first-order chi connectivity index (χ1) is 11.4. The molecule has 1 heterocycles. The molecule has 0 aromatic rings. The molecule has 0 radical (unpaired) electrons. The Morgan fingerprint density at radius 1 is 1.21 bits per heavy atom. The average molecular weight is 330 g/mol. The van der Waals surface area contributed by atoms with Gasteiger partial charge in [-0.25, -0.2) is 0 Å². The lowest BCUT2D eigenvalue weighted by Gasteiger charge is -2.55. The van der Waals surface area contributed by atoms with Gasteiger partial charge in [-0.05, 0) is 68.6 Å². The van der Waals surface area contributed by atoms with Gasteiger partial charge in [-0.1, -0.05) is 18.6 Å². The van der Waals surface area contributed by atoms with Crippen LogP contribution in [0.2, 0.25) is 0 Å². The van der Waals surface area contributed by atoms with Crippen LogP contribution in [0.1, 0.15) is 65.2 Å². The van der Waals surface area contributed by atoms with Crippen molar-refractivity contribution >= 4 is 5.78 Å². The lowest BCUT2D eigenvalue weighted by molar-refractivity contribution is -0.180. The molecule has 0 bridgehead atoms. The third kappa shape index (κ3) is 1.78. The monoisotopic (exact) mass is 330 g/mol. The van der Waals surface area contributed by atoms with Gasteiger partial charge in [-0.3, -0.25) is 4.79 Å². The van der Waals surface area contributed by atoms with E-state index in [0.29, 0.717) is 29.5 Å². The van der Waals surface area contributed by atoms with Crippen LogP contribution in [0.4, 0.5) is 0 Å². The molecule has 0 aromatic heterocycles. The molecule has 4 aliphatic carbocycles. The highest BCUT2D eigenvalue weighted by Gasteiger charge is 2.65. The number of hydrogen-bond donors (Lipinski definition) is 1. The van der Waals surface area contributed by atoms with Crippen LogP contribution < -0.4 is 0 Å². The summed E-state index contributed by atoms with van der Waals surface area (Å²) in [6.45, 7) is 5.04. The second-order valence-electron chi connectivity index (χ2n) is 9.72. The molecule has 1 aliphatic heterocycles. The quantitative estimate of drug-likeness (QED) is 0.686. The highest BCUT2D eigenvalue weighted by Crippen LogP contribution is 2.68. The molecule has 4 fully saturated rings. The number of fused-ring (bicyclic) bond motifs is 4. The molecule has 1 spiro atoms. The molecule has 132 valence electrons. The van der Waals surface area contributed by atoms with Gasteiger partial charge in [0.1, 0.15) is 5.78 Å². The zero-order valence-corrected chi connectivity index (χ0v) is 15.0. The maximum Gasteiger partial charge on any atom is 0.166 e. The van der Waals surface area contributed by atoms with Crippen molar-refractivity contribution in [2.75, 3.05) is 6.61 Å². The predicted molar refractivity (Wildman–Crippen MR) is 91.1 cm³/mol. The zero-order chi connectivity index (χ0) is 16.7. The Labute approximate surface area is 144 Å². The molecule has 3 nitrogen and oxygen atoms in total. The molecule has 7 atom stereocenters. The molecule has 24 heavy (non-hydrogen) atoms. The molecule has 5 rings (SSSR count). The Kier molecular flexibility index (Phi) is 3.07. The maximum absolute atomic E-state index is 12.0. The second kappa shape index (κ2) is 4.73. The number of allylic oxidation sites excluding steroid dienone is 2. The number of carbonyl (C=O) groups excluding carboxylic acids is 1. The van der Waals surface area contributed by atoms with E-state index in [2.05, 4.69) is 13.0 Å². The molecule has 0 aromatic carbocycles. The summed E-state index contributed by atoms with van der Waals surface area (Å²) in [6, 6.07) is 0. The number of rotatable bonds is 0. The van der Waals surface area contributed by atoms with Crippen molar-refractivity contribution in [1.29, 1.82) is 0 Å². The van der Waals surface area contributed by atoms with Gasteiger partial charge >= 0.3 is 0 Å². The summed E-state index contributed by atoms with van der Waals surface area (Å²) in [4.78, 5) is 12.0. The Morgan fingerprint density at radius 3 is 2.88 bits per heavy atom. The van der Waals surface area contributed by atoms with E-state index in [1.54, 1.807) is 5.57 Å². The molecular weight excluding hydrogens is 300 g/mol. The molecule has 3 heteroatoms. The third-order valence-corrected chi connectivity index (χ3v) is 8.85. The highest BCUT2D eigenvalue weighted by molar-refractivity contribution is 5.80. The summed E-state index contributed by atoms with van der Waals surface area (Å²) in [5.74, 6) is 1.74. The van der Waals surface area contributed by atoms with Gasteiger partial charge in [0.2, 0.25) is 0 Å². The molecular formula is C21H30O3. The van der Waals surface area contributed by atoms with E-state index in [-0.39, 0.29) is 10.8 Å². The Balaban J connectivity index is 1.53. The molecule has 0 amide bonds. The SMILES string of the molecule is C[C@@]1(O)OC[C@]23CC=C4[C@@H](CC[C@H]5CC(=O)CC[C@]45C)[C@H]2CC[C@@H]31. The van der Waals surface area contributed by atoms with E-state index < -0.39 is 5.79 Å². The number of hydrogen-bond acceptors (Lipinski definition) is 3. The van der Waals surface area contributed by atoms with Gasteiger partial charge < -0.3 is 9.84 Å². The van der Waals surface area contributed by atoms with Crippen LogP contribution in [0.15, 0.2) is 11.6 Å². The van der Waals surface area contributed by atoms with Gasteiger partial charge in [0, 0.05) is 24.2 Å². The molecule has 3 saturated carbocycles. The number of carbonyl (C=O) groups is 1. The van der Waals surface area contributed by atoms with Gasteiger partial charge in [0.15, 0.2) is 5.79 Å². The van der Waals surface area contributed by atoms with Crippen molar-refractivity contribution in [3.63, 3.8) is 0 Å². The fourth-order valence-corrected chi connectivity index (χ4v) is 7.59. The zero-order valence-electron chi connectivity index (χ0n) is 15.0. The third-order valence-electron chi connectivity index (χ3n) is 8.85. The second-order valence-corrected chi connectivity index (χ2v) is 9.72. The van der Waals surface area contributed by atoms with Crippen molar-refractivity contribution in [2.45, 2.75) is 71.0 Å². The van der Waals surface area contributed by atoms with Crippen LogP contribution in [0, 0.1) is 34.5 Å². The van der Waals surface area contributed by atoms with Crippen molar-refractivity contribution in [2.24, 2.45) is 34.5 Å². The summed E-state index contributed by atoms with van der Waals surface area (Å²) < 4.78 is 5.87. The normalized spacial score (nSPS) is 56.1. The van der Waals surface area contributed by atoms with E-state index >= 15 is 0 Å². The Bertz CT molecular complexity index is 621. The van der Waals surface area contributed by atoms with Crippen LogP contribution in [0.5, 0.6) is 0 Å². The summed E-state index contributed by atoms with van der Waals surface area (Å²) in [5, 5.41) is 10.7. The molecule has 1 saturated heterocycles. The van der Waals surface area contributed by atoms with E-state index in [9.17, 15) is 9.90 Å². The Morgan fingerprint density at radius 2 is 2.04 bits per heavy atom. The van der Waals surface area contributed by atoms with E-state index in [0.717, 1.165) is 38.7 Å². The smallest absolute Gasteiger partial charge is 0.166 e. The van der Waals surface area contributed by atoms with Crippen molar-refractivity contribution in [3.8, 4) is 0 Å². The van der Waals surface area contributed by atoms with Crippen molar-refractivity contribution in [3.05, 3.63) is 11.6 Å². The molecule has 0 unspecified atom stereocenters. The standard InChI is InChI=1S/C21H30O3/c1-19-9-7-14(22)11-13(19)3-4-15-16(19)8-10-21-12-24-20(2,23)18(21)6-5-17(15)21/h8,13,15,17-18,23H,3-7,9-12H2,1-2H3/t13-,15+,17+,18+,19-,20+,21+/m0/s1. The first-order valence-electron chi connectivity index (χ1n) is 9.95. The minimum Gasteiger partial charge on any atom is -0.365 e. The molecule has 1 N–H and O–H groups in total. The van der Waals surface area contributed by atoms with E-state index in [1.165, 1.54) is 19.3 Å². The lowest BCUT2D eigenvalue weighted by atomic mass is 9.48. The van der Waals surface area contributed by atoms with Crippen molar-refractivity contribution in [1.82, 2.24) is 0 Å².